The van der Waals surface area contributed by atoms with E-state index in [9.17, 15) is 27.0 Å². The fraction of sp³-hybridized carbons (Fsp3) is 0.143. The van der Waals surface area contributed by atoms with Crippen LogP contribution in [0.1, 0.15) is 34.3 Å². The molecular weight excluding hydrogens is 924 g/mol. The van der Waals surface area contributed by atoms with Crippen LogP contribution in [0, 0.1) is 41.5 Å². The van der Waals surface area contributed by atoms with Crippen molar-refractivity contribution >= 4 is 54.8 Å². The zero-order valence-electron chi connectivity index (χ0n) is 35.3. The van der Waals surface area contributed by atoms with Gasteiger partial charge >= 0.3 is 28.8 Å². The SMILES string of the molecule is Cc1nc(NS(=O)(=O)c2ccc(N=Nc3c(C)nn(-c4ccccc4)c3[O-])cc2)oc1C.Cc1nc(NS(=O)(=O)c2ccc(N=Nc3c(C)nn(-c4ccccc4)c3[O-])cc2)oc1C.[Co+2]. The van der Waals surface area contributed by atoms with Gasteiger partial charge in [0.15, 0.2) is 0 Å². The predicted octanol–water partition coefficient (Wildman–Crippen LogP) is 8.15. The Balaban J connectivity index is 0.000000212. The number of rotatable bonds is 12. The van der Waals surface area contributed by atoms with Crippen LogP contribution in [0.2, 0.25) is 0 Å². The molecule has 1 radical (unpaired) electrons. The molecule has 0 atom stereocenters. The Kier molecular flexibility index (Phi) is 14.1. The molecule has 8 rings (SSSR count). The van der Waals surface area contributed by atoms with Gasteiger partial charge in [0, 0.05) is 11.8 Å². The van der Waals surface area contributed by atoms with Gasteiger partial charge in [0.25, 0.3) is 20.0 Å². The molecule has 2 N–H and O–H groups in total. The van der Waals surface area contributed by atoms with Crippen LogP contribution in [0.5, 0.6) is 11.8 Å². The zero-order valence-corrected chi connectivity index (χ0v) is 38.0. The Morgan fingerprint density at radius 2 is 0.831 bits per heavy atom. The first-order chi connectivity index (χ1) is 30.5. The van der Waals surface area contributed by atoms with Crippen LogP contribution < -0.4 is 19.7 Å². The summed E-state index contributed by atoms with van der Waals surface area (Å²) in [6, 6.07) is 29.2. The first kappa shape index (κ1) is 47.0. The number of oxazole rings is 2. The molecule has 0 fully saturated rings. The normalized spacial score (nSPS) is 11.7. The monoisotopic (exact) mass is 961 g/mol. The molecule has 0 aliphatic rings. The van der Waals surface area contributed by atoms with Gasteiger partial charge in [-0.3, -0.25) is 0 Å². The van der Waals surface area contributed by atoms with E-state index < -0.39 is 31.8 Å². The van der Waals surface area contributed by atoms with Crippen LogP contribution in [0.3, 0.4) is 0 Å². The summed E-state index contributed by atoms with van der Waals surface area (Å²) in [4.78, 5) is 8.03. The molecule has 0 saturated heterocycles. The second kappa shape index (κ2) is 19.5. The number of anilines is 2. The zero-order chi connectivity index (χ0) is 45.8. The van der Waals surface area contributed by atoms with Crippen LogP contribution in [0.15, 0.2) is 148 Å². The van der Waals surface area contributed by atoms with Crippen LogP contribution in [0.25, 0.3) is 11.4 Å². The van der Waals surface area contributed by atoms with Crippen molar-refractivity contribution in [3.05, 3.63) is 143 Å². The van der Waals surface area contributed by atoms with Crippen molar-refractivity contribution < 1.29 is 52.7 Å². The minimum absolute atomic E-state index is 0. The first-order valence-electron chi connectivity index (χ1n) is 19.1. The molecule has 65 heavy (non-hydrogen) atoms. The molecule has 20 nitrogen and oxygen atoms in total. The summed E-state index contributed by atoms with van der Waals surface area (Å²) in [6.07, 6.45) is 0. The van der Waals surface area contributed by atoms with Gasteiger partial charge < -0.3 is 19.0 Å². The fourth-order valence-corrected chi connectivity index (χ4v) is 7.55. The van der Waals surface area contributed by atoms with E-state index in [0.29, 0.717) is 57.0 Å². The Hall–Kier alpha value is -7.47. The minimum Gasteiger partial charge on any atom is -0.857 e. The van der Waals surface area contributed by atoms with E-state index in [-0.39, 0.29) is 50.0 Å². The minimum atomic E-state index is -3.88. The Morgan fingerprint density at radius 3 is 1.14 bits per heavy atom. The van der Waals surface area contributed by atoms with Gasteiger partial charge in [-0.25, -0.2) is 35.6 Å². The van der Waals surface area contributed by atoms with E-state index in [1.54, 1.807) is 65.8 Å². The third-order valence-corrected chi connectivity index (χ3v) is 12.0. The topological polar surface area (TPSA) is 276 Å². The molecule has 0 aliphatic heterocycles. The summed E-state index contributed by atoms with van der Waals surface area (Å²) >= 11 is 0. The standard InChI is InChI=1S/2C21H20N6O4S.Co/c2*1-13-15(3)31-21(22-13)26-32(29,30)18-11-9-16(10-12-18)23-24-19-14(2)25-27(20(19)28)17-7-5-4-6-8-17;/h2*4-12,28H,1-3H3,(H,22,26);/q;;+2/p-2. The molecule has 0 unspecified atom stereocenters. The van der Waals surface area contributed by atoms with Gasteiger partial charge in [-0.2, -0.15) is 30.4 Å². The molecule has 0 saturated carbocycles. The van der Waals surface area contributed by atoms with Crippen molar-refractivity contribution in [3.8, 4) is 23.1 Å². The number of para-hydroxylation sites is 2. The van der Waals surface area contributed by atoms with Crippen LogP contribution in [-0.2, 0) is 36.8 Å². The first-order valence-corrected chi connectivity index (χ1v) is 22.1. The van der Waals surface area contributed by atoms with Crippen molar-refractivity contribution in [2.24, 2.45) is 20.5 Å². The number of benzene rings is 4. The number of hydrogen-bond donors (Lipinski definition) is 2. The van der Waals surface area contributed by atoms with Gasteiger partial charge in [0.05, 0.1) is 55.3 Å². The molecule has 8 aromatic rings. The summed E-state index contributed by atoms with van der Waals surface area (Å²) in [5.74, 6) is 0.277. The van der Waals surface area contributed by atoms with E-state index in [2.05, 4.69) is 50.1 Å². The molecule has 23 heteroatoms. The van der Waals surface area contributed by atoms with E-state index in [0.717, 1.165) is 0 Å². The van der Waals surface area contributed by atoms with E-state index in [1.807, 2.05) is 36.4 Å². The molecule has 0 spiro atoms. The molecule has 4 heterocycles. The van der Waals surface area contributed by atoms with Crippen LogP contribution >= 0.6 is 0 Å². The fourth-order valence-electron chi connectivity index (χ4n) is 5.69. The second-order valence-electron chi connectivity index (χ2n) is 13.9. The molecule has 335 valence electrons. The number of hydrogen-bond acceptors (Lipinski definition) is 16. The summed E-state index contributed by atoms with van der Waals surface area (Å²) in [5.41, 5.74) is 4.29. The van der Waals surface area contributed by atoms with Crippen molar-refractivity contribution in [1.82, 2.24) is 29.5 Å². The number of nitrogens with zero attached hydrogens (tertiary/aromatic N) is 10. The third kappa shape index (κ3) is 10.8. The van der Waals surface area contributed by atoms with Gasteiger partial charge in [-0.1, -0.05) is 36.4 Å². The largest absolute Gasteiger partial charge is 2.00 e. The number of sulfonamides is 2. The quantitative estimate of drug-likeness (QED) is 0.110. The number of aromatic nitrogens is 6. The number of aryl methyl sites for hydroxylation is 6. The Bertz CT molecular complexity index is 2970. The maximum atomic E-state index is 12.6. The van der Waals surface area contributed by atoms with Crippen molar-refractivity contribution in [2.75, 3.05) is 9.44 Å². The average molecular weight is 962 g/mol. The maximum absolute atomic E-state index is 12.6. The van der Waals surface area contributed by atoms with Gasteiger partial charge in [0.1, 0.15) is 22.9 Å². The molecule has 4 aromatic heterocycles. The molecule has 4 aromatic carbocycles. The third-order valence-electron chi connectivity index (χ3n) is 9.30. The maximum Gasteiger partial charge on any atom is 2.00 e. The van der Waals surface area contributed by atoms with Crippen molar-refractivity contribution in [2.45, 2.75) is 51.3 Å². The van der Waals surface area contributed by atoms with Gasteiger partial charge in [-0.15, -0.1) is 10.2 Å². The molecular formula is C42H38CoN12O8S2. The van der Waals surface area contributed by atoms with Crippen molar-refractivity contribution in [1.29, 1.82) is 0 Å². The molecule has 0 aliphatic carbocycles. The van der Waals surface area contributed by atoms with Gasteiger partial charge in [-0.05, 0) is 114 Å². The van der Waals surface area contributed by atoms with E-state index in [1.165, 1.54) is 57.9 Å². The van der Waals surface area contributed by atoms with Crippen molar-refractivity contribution in [3.63, 3.8) is 0 Å². The summed E-state index contributed by atoms with van der Waals surface area (Å²) in [7, 11) is -7.77. The van der Waals surface area contributed by atoms with E-state index in [4.69, 9.17) is 8.83 Å². The van der Waals surface area contributed by atoms with Gasteiger partial charge in [0.2, 0.25) is 0 Å². The van der Waals surface area contributed by atoms with E-state index >= 15 is 0 Å². The summed E-state index contributed by atoms with van der Waals surface area (Å²) in [5, 5.41) is 49.9. The molecule has 0 amide bonds. The second-order valence-corrected chi connectivity index (χ2v) is 17.3. The summed E-state index contributed by atoms with van der Waals surface area (Å²) < 4.78 is 67.7. The number of azo groups is 2. The smallest absolute Gasteiger partial charge is 0.857 e. The van der Waals surface area contributed by atoms with Crippen LogP contribution in [0.4, 0.5) is 34.8 Å². The summed E-state index contributed by atoms with van der Waals surface area (Å²) in [6.45, 7) is 10.2. The predicted molar refractivity (Wildman–Crippen MR) is 230 cm³/mol. The molecule has 0 bridgehead atoms. The van der Waals surface area contributed by atoms with Crippen LogP contribution in [-0.4, -0.2) is 46.4 Å². The number of nitrogens with one attached hydrogen (secondary N) is 2. The average Bonchev–Trinajstić information content (AvgIpc) is 3.96. The Morgan fingerprint density at radius 1 is 0.492 bits per heavy atom. The Labute approximate surface area is 383 Å².